The minimum atomic E-state index is -1.03. The van der Waals surface area contributed by atoms with Gasteiger partial charge in [0.25, 0.3) is 0 Å². The number of benzene rings is 1. The van der Waals surface area contributed by atoms with Crippen molar-refractivity contribution in [3.63, 3.8) is 0 Å². The summed E-state index contributed by atoms with van der Waals surface area (Å²) in [5.74, 6) is -0.907. The molecule has 108 valence electrons. The van der Waals surface area contributed by atoms with Gasteiger partial charge in [0.05, 0.1) is 12.6 Å². The second kappa shape index (κ2) is 8.50. The molecule has 5 nitrogen and oxygen atoms in total. The fraction of sp³-hybridized carbons (Fsp3) is 0.357. The van der Waals surface area contributed by atoms with Crippen LogP contribution in [-0.4, -0.2) is 40.3 Å². The van der Waals surface area contributed by atoms with E-state index in [1.165, 1.54) is 6.92 Å². The summed E-state index contributed by atoms with van der Waals surface area (Å²) < 4.78 is 0. The van der Waals surface area contributed by atoms with Crippen molar-refractivity contribution >= 4 is 28.6 Å². The van der Waals surface area contributed by atoms with Crippen molar-refractivity contribution in [2.24, 2.45) is 0 Å². The van der Waals surface area contributed by atoms with Gasteiger partial charge < -0.3 is 5.11 Å². The summed E-state index contributed by atoms with van der Waals surface area (Å²) in [7, 11) is 0. The minimum Gasteiger partial charge on any atom is -0.480 e. The number of ketones is 1. The van der Waals surface area contributed by atoms with Crippen LogP contribution in [0.25, 0.3) is 0 Å². The number of Topliss-reactive ketones (excluding diaryl/α,β-unsaturated/α-hetero) is 1. The highest BCUT2D eigenvalue weighted by molar-refractivity contribution is 8.13. The third-order valence-electron chi connectivity index (χ3n) is 2.56. The summed E-state index contributed by atoms with van der Waals surface area (Å²) in [6.45, 7) is 1.12. The lowest BCUT2D eigenvalue weighted by Crippen LogP contribution is -2.42. The molecule has 1 aromatic carbocycles. The molecule has 0 heterocycles. The molecule has 6 heteroatoms. The van der Waals surface area contributed by atoms with Crippen LogP contribution in [0.15, 0.2) is 30.3 Å². The number of hydrogen-bond acceptors (Lipinski definition) is 5. The highest BCUT2D eigenvalue weighted by atomic mass is 32.2. The second-order valence-corrected chi connectivity index (χ2v) is 5.46. The van der Waals surface area contributed by atoms with Gasteiger partial charge in [-0.05, 0) is 5.56 Å². The van der Waals surface area contributed by atoms with E-state index in [0.717, 1.165) is 17.3 Å². The number of aliphatic carboxylic acids is 1. The lowest BCUT2D eigenvalue weighted by molar-refractivity contribution is -0.136. The second-order valence-electron chi connectivity index (χ2n) is 4.26. The molecule has 20 heavy (non-hydrogen) atoms. The van der Waals surface area contributed by atoms with Crippen LogP contribution in [0.4, 0.5) is 0 Å². The maximum absolute atomic E-state index is 12.2. The van der Waals surface area contributed by atoms with Crippen molar-refractivity contribution in [1.29, 1.82) is 0 Å². The van der Waals surface area contributed by atoms with Crippen LogP contribution in [0.5, 0.6) is 0 Å². The zero-order valence-electron chi connectivity index (χ0n) is 11.2. The van der Waals surface area contributed by atoms with E-state index >= 15 is 0 Å². The Labute approximate surface area is 121 Å². The average Bonchev–Trinajstić information content (AvgIpc) is 2.39. The molecular weight excluding hydrogens is 278 g/mol. The zero-order valence-corrected chi connectivity index (χ0v) is 12.0. The number of rotatable bonds is 8. The Morgan fingerprint density at radius 3 is 2.45 bits per heavy atom. The third-order valence-corrected chi connectivity index (χ3v) is 3.47. The van der Waals surface area contributed by atoms with Gasteiger partial charge in [-0.15, -0.1) is 0 Å². The summed E-state index contributed by atoms with van der Waals surface area (Å²) in [6.07, 6.45) is 0.219. The smallest absolute Gasteiger partial charge is 0.317 e. The van der Waals surface area contributed by atoms with Gasteiger partial charge in [0.15, 0.2) is 10.9 Å². The monoisotopic (exact) mass is 295 g/mol. The van der Waals surface area contributed by atoms with Crippen molar-refractivity contribution in [1.82, 2.24) is 5.32 Å². The molecule has 2 N–H and O–H groups in total. The van der Waals surface area contributed by atoms with E-state index in [-0.39, 0.29) is 29.6 Å². The van der Waals surface area contributed by atoms with Crippen LogP contribution >= 0.6 is 11.8 Å². The topological polar surface area (TPSA) is 83.5 Å². The Morgan fingerprint density at radius 2 is 1.90 bits per heavy atom. The molecule has 0 spiro atoms. The van der Waals surface area contributed by atoms with Gasteiger partial charge in [-0.1, -0.05) is 42.1 Å². The highest BCUT2D eigenvalue weighted by Gasteiger charge is 2.19. The number of nitrogens with one attached hydrogen (secondary N) is 1. The van der Waals surface area contributed by atoms with Crippen LogP contribution in [0, 0.1) is 0 Å². The predicted molar refractivity (Wildman–Crippen MR) is 77.7 cm³/mol. The molecule has 0 aliphatic carbocycles. The van der Waals surface area contributed by atoms with Crippen molar-refractivity contribution in [3.05, 3.63) is 35.9 Å². The highest BCUT2D eigenvalue weighted by Crippen LogP contribution is 2.08. The molecule has 0 aliphatic heterocycles. The molecule has 0 bridgehead atoms. The van der Waals surface area contributed by atoms with Crippen molar-refractivity contribution in [2.45, 2.75) is 19.4 Å². The van der Waals surface area contributed by atoms with E-state index in [1.807, 2.05) is 30.3 Å². The fourth-order valence-electron chi connectivity index (χ4n) is 1.60. The van der Waals surface area contributed by atoms with Gasteiger partial charge in [-0.2, -0.15) is 0 Å². The normalized spacial score (nSPS) is 11.8. The number of hydrogen-bond donors (Lipinski definition) is 2. The Bertz CT molecular complexity index is 457. The first kappa shape index (κ1) is 16.4. The van der Waals surface area contributed by atoms with Crippen LogP contribution in [0.2, 0.25) is 0 Å². The Kier molecular flexibility index (Phi) is 6.97. The lowest BCUT2D eigenvalue weighted by atomic mass is 10.0. The summed E-state index contributed by atoms with van der Waals surface area (Å²) in [5.41, 5.74) is 0.868. The first-order valence-electron chi connectivity index (χ1n) is 6.14. The fourth-order valence-corrected chi connectivity index (χ4v) is 2.30. The van der Waals surface area contributed by atoms with Gasteiger partial charge in [0.1, 0.15) is 0 Å². The third kappa shape index (κ3) is 6.49. The quantitative estimate of drug-likeness (QED) is 0.748. The Morgan fingerprint density at radius 1 is 1.25 bits per heavy atom. The van der Waals surface area contributed by atoms with Gasteiger partial charge in [0, 0.05) is 19.1 Å². The number of carbonyl (C=O) groups excluding carboxylic acids is 2. The predicted octanol–water partition coefficient (Wildman–Crippen LogP) is 1.12. The molecule has 1 rings (SSSR count). The van der Waals surface area contributed by atoms with Gasteiger partial charge in [-0.25, -0.2) is 0 Å². The first-order valence-corrected chi connectivity index (χ1v) is 7.12. The summed E-state index contributed by atoms with van der Waals surface area (Å²) >= 11 is 1.01. The van der Waals surface area contributed by atoms with E-state index < -0.39 is 12.0 Å². The lowest BCUT2D eigenvalue weighted by Gasteiger charge is -2.15. The van der Waals surface area contributed by atoms with E-state index in [9.17, 15) is 14.4 Å². The number of carbonyl (C=O) groups is 3. The van der Waals surface area contributed by atoms with Crippen molar-refractivity contribution in [2.75, 3.05) is 12.3 Å². The van der Waals surface area contributed by atoms with E-state index in [4.69, 9.17) is 5.11 Å². The molecule has 0 saturated carbocycles. The maximum Gasteiger partial charge on any atom is 0.317 e. The van der Waals surface area contributed by atoms with Gasteiger partial charge in [0.2, 0.25) is 0 Å². The van der Waals surface area contributed by atoms with Crippen molar-refractivity contribution in [3.8, 4) is 0 Å². The van der Waals surface area contributed by atoms with Crippen LogP contribution in [0.3, 0.4) is 0 Å². The standard InChI is InChI=1S/C14H17NO4S/c1-10(16)20-9-12(15-8-14(18)19)13(17)7-11-5-3-2-4-6-11/h2-6,12,15H,7-9H2,1H3,(H,18,19). The SMILES string of the molecule is CC(=O)SCC(NCC(=O)O)C(=O)Cc1ccccc1. The van der Waals surface area contributed by atoms with Gasteiger partial charge in [-0.3, -0.25) is 19.7 Å². The van der Waals surface area contributed by atoms with Crippen LogP contribution < -0.4 is 5.32 Å². The Hall–Kier alpha value is -1.66. The molecule has 0 aliphatic rings. The summed E-state index contributed by atoms with van der Waals surface area (Å²) in [6, 6.07) is 8.58. The van der Waals surface area contributed by atoms with Gasteiger partial charge >= 0.3 is 5.97 Å². The van der Waals surface area contributed by atoms with Crippen LogP contribution in [-0.2, 0) is 20.8 Å². The maximum atomic E-state index is 12.2. The zero-order chi connectivity index (χ0) is 15.0. The number of carboxylic acid groups (broad SMARTS) is 1. The molecule has 1 atom stereocenters. The molecule has 0 radical (unpaired) electrons. The van der Waals surface area contributed by atoms with E-state index in [2.05, 4.69) is 5.32 Å². The Balaban J connectivity index is 2.62. The van der Waals surface area contributed by atoms with E-state index in [1.54, 1.807) is 0 Å². The molecule has 1 aromatic rings. The largest absolute Gasteiger partial charge is 0.480 e. The van der Waals surface area contributed by atoms with Crippen molar-refractivity contribution < 1.29 is 19.5 Å². The number of thioether (sulfide) groups is 1. The van der Waals surface area contributed by atoms with Crippen LogP contribution in [0.1, 0.15) is 12.5 Å². The molecule has 0 fully saturated rings. The summed E-state index contributed by atoms with van der Waals surface area (Å²) in [5, 5.41) is 11.2. The summed E-state index contributed by atoms with van der Waals surface area (Å²) in [4.78, 5) is 33.7. The molecule has 0 amide bonds. The molecule has 0 saturated heterocycles. The molecular formula is C14H17NO4S. The minimum absolute atomic E-state index is 0.0976. The first-order chi connectivity index (χ1) is 9.49. The van der Waals surface area contributed by atoms with E-state index in [0.29, 0.717) is 0 Å². The average molecular weight is 295 g/mol. The number of carboxylic acids is 1. The molecule has 1 unspecified atom stereocenters. The molecule has 0 aromatic heterocycles.